The number of nitrogens with zero attached hydrogens (tertiary/aromatic N) is 1. The maximum absolute atomic E-state index is 12.0. The number of para-hydroxylation sites is 1. The molecule has 128 valence electrons. The molecule has 0 aromatic heterocycles. The molecule has 0 saturated carbocycles. The van der Waals surface area contributed by atoms with E-state index in [0.29, 0.717) is 0 Å². The maximum Gasteiger partial charge on any atom is 0.270 e. The Labute approximate surface area is 149 Å². The zero-order valence-electron chi connectivity index (χ0n) is 13.4. The van der Waals surface area contributed by atoms with Gasteiger partial charge in [-0.3, -0.25) is 14.9 Å². The summed E-state index contributed by atoms with van der Waals surface area (Å²) >= 11 is 5.90. The second-order valence-corrected chi connectivity index (χ2v) is 5.42. The van der Waals surface area contributed by atoms with E-state index in [9.17, 15) is 14.9 Å². The Balaban J connectivity index is 1.86. The van der Waals surface area contributed by atoms with Crippen LogP contribution in [0.4, 0.5) is 5.69 Å². The summed E-state index contributed by atoms with van der Waals surface area (Å²) in [6, 6.07) is 11.3. The van der Waals surface area contributed by atoms with E-state index in [2.05, 4.69) is 17.2 Å². The first-order valence-corrected chi connectivity index (χ1v) is 7.73. The molecule has 0 saturated heterocycles. The number of hydrogen-bond donors (Lipinski definition) is 1. The van der Waals surface area contributed by atoms with Gasteiger partial charge < -0.3 is 10.1 Å². The van der Waals surface area contributed by atoms with Gasteiger partial charge in [0.1, 0.15) is 12.4 Å². The molecular formula is C18H15ClN2O4. The zero-order chi connectivity index (χ0) is 18.2. The fraction of sp³-hybridized carbons (Fsp3) is 0.167. The van der Waals surface area contributed by atoms with Crippen molar-refractivity contribution in [2.24, 2.45) is 0 Å². The van der Waals surface area contributed by atoms with E-state index in [1.807, 2.05) is 31.2 Å². The number of amides is 1. The Kier molecular flexibility index (Phi) is 6.38. The average Bonchev–Trinajstić information content (AvgIpc) is 2.59. The van der Waals surface area contributed by atoms with E-state index in [1.54, 1.807) is 0 Å². The standard InChI is InChI=1S/C18H15ClN2O4/c1-13-6-2-3-7-17(13)25-11-5-4-10-20-18(22)15-12-14(21(23)24)8-9-16(15)19/h2-3,6-9,12H,10-11H2,1H3,(H,20,22). The van der Waals surface area contributed by atoms with Crippen molar-refractivity contribution in [2.75, 3.05) is 13.2 Å². The molecule has 0 radical (unpaired) electrons. The highest BCUT2D eigenvalue weighted by atomic mass is 35.5. The van der Waals surface area contributed by atoms with Gasteiger partial charge >= 0.3 is 0 Å². The lowest BCUT2D eigenvalue weighted by atomic mass is 10.2. The van der Waals surface area contributed by atoms with Gasteiger partial charge in [0.05, 0.1) is 22.1 Å². The van der Waals surface area contributed by atoms with Crippen LogP contribution in [0.15, 0.2) is 42.5 Å². The number of carbonyl (C=O) groups excluding carboxylic acids is 1. The summed E-state index contributed by atoms with van der Waals surface area (Å²) in [4.78, 5) is 22.2. The molecule has 0 fully saturated rings. The highest BCUT2D eigenvalue weighted by Crippen LogP contribution is 2.21. The summed E-state index contributed by atoms with van der Waals surface area (Å²) in [6.07, 6.45) is 0. The topological polar surface area (TPSA) is 81.5 Å². The summed E-state index contributed by atoms with van der Waals surface area (Å²) in [7, 11) is 0. The number of halogens is 1. The summed E-state index contributed by atoms with van der Waals surface area (Å²) in [6.45, 7) is 2.21. The highest BCUT2D eigenvalue weighted by Gasteiger charge is 2.15. The zero-order valence-corrected chi connectivity index (χ0v) is 14.2. The smallest absolute Gasteiger partial charge is 0.270 e. The molecule has 2 aromatic carbocycles. The monoisotopic (exact) mass is 358 g/mol. The van der Waals surface area contributed by atoms with Crippen LogP contribution in [0.5, 0.6) is 5.75 Å². The molecule has 0 bridgehead atoms. The number of ether oxygens (including phenoxy) is 1. The number of nitrogens with one attached hydrogen (secondary N) is 1. The first-order valence-electron chi connectivity index (χ1n) is 7.35. The molecule has 2 aromatic rings. The molecule has 2 rings (SSSR count). The SMILES string of the molecule is Cc1ccccc1OCC#CCNC(=O)c1cc([N+](=O)[O-])ccc1Cl. The van der Waals surface area contributed by atoms with Crippen LogP contribution in [0.3, 0.4) is 0 Å². The fourth-order valence-corrected chi connectivity index (χ4v) is 2.17. The number of hydrogen-bond acceptors (Lipinski definition) is 4. The molecular weight excluding hydrogens is 344 g/mol. The molecule has 0 aliphatic rings. The number of benzene rings is 2. The third-order valence-corrected chi connectivity index (χ3v) is 3.59. The van der Waals surface area contributed by atoms with Crippen molar-refractivity contribution in [1.82, 2.24) is 5.32 Å². The van der Waals surface area contributed by atoms with Gasteiger partial charge in [-0.1, -0.05) is 41.6 Å². The van der Waals surface area contributed by atoms with Gasteiger partial charge in [0.15, 0.2) is 0 Å². The Hall–Kier alpha value is -3.04. The van der Waals surface area contributed by atoms with Gasteiger partial charge in [0.2, 0.25) is 0 Å². The van der Waals surface area contributed by atoms with Gasteiger partial charge in [0, 0.05) is 12.1 Å². The number of rotatable bonds is 5. The predicted molar refractivity (Wildman–Crippen MR) is 94.9 cm³/mol. The van der Waals surface area contributed by atoms with Crippen molar-refractivity contribution in [2.45, 2.75) is 6.92 Å². The van der Waals surface area contributed by atoms with Gasteiger partial charge in [-0.2, -0.15) is 0 Å². The molecule has 0 aliphatic carbocycles. The lowest BCUT2D eigenvalue weighted by Crippen LogP contribution is -2.24. The summed E-state index contributed by atoms with van der Waals surface area (Å²) in [5.74, 6) is 5.76. The second-order valence-electron chi connectivity index (χ2n) is 5.01. The Morgan fingerprint density at radius 2 is 2.04 bits per heavy atom. The minimum absolute atomic E-state index is 0.0360. The third kappa shape index (κ3) is 5.23. The van der Waals surface area contributed by atoms with Crippen LogP contribution in [0.25, 0.3) is 0 Å². The normalized spacial score (nSPS) is 9.68. The highest BCUT2D eigenvalue weighted by molar-refractivity contribution is 6.33. The second kappa shape index (κ2) is 8.71. The number of aryl methyl sites for hydroxylation is 1. The Morgan fingerprint density at radius 1 is 1.28 bits per heavy atom. The third-order valence-electron chi connectivity index (χ3n) is 3.26. The molecule has 6 nitrogen and oxygen atoms in total. The van der Waals surface area contributed by atoms with Gasteiger partial charge in [0.25, 0.3) is 11.6 Å². The van der Waals surface area contributed by atoms with Crippen LogP contribution in [0.2, 0.25) is 5.02 Å². The van der Waals surface area contributed by atoms with Crippen molar-refractivity contribution in [3.8, 4) is 17.6 Å². The van der Waals surface area contributed by atoms with E-state index >= 15 is 0 Å². The van der Waals surface area contributed by atoms with Crippen LogP contribution in [0.1, 0.15) is 15.9 Å². The molecule has 0 spiro atoms. The van der Waals surface area contributed by atoms with Crippen LogP contribution < -0.4 is 10.1 Å². The molecule has 1 N–H and O–H groups in total. The minimum atomic E-state index is -0.587. The average molecular weight is 359 g/mol. The van der Waals surface area contributed by atoms with Crippen molar-refractivity contribution >= 4 is 23.2 Å². The minimum Gasteiger partial charge on any atom is -0.481 e. The van der Waals surface area contributed by atoms with E-state index in [1.165, 1.54) is 12.1 Å². The molecule has 0 heterocycles. The lowest BCUT2D eigenvalue weighted by Gasteiger charge is -2.05. The summed E-state index contributed by atoms with van der Waals surface area (Å²) in [5, 5.41) is 13.4. The Bertz CT molecular complexity index is 856. The molecule has 0 unspecified atom stereocenters. The van der Waals surface area contributed by atoms with Crippen LogP contribution >= 0.6 is 11.6 Å². The molecule has 1 amide bonds. The van der Waals surface area contributed by atoms with Crippen molar-refractivity contribution < 1.29 is 14.5 Å². The van der Waals surface area contributed by atoms with Gasteiger partial charge in [-0.25, -0.2) is 0 Å². The van der Waals surface area contributed by atoms with E-state index < -0.39 is 10.8 Å². The summed E-state index contributed by atoms with van der Waals surface area (Å²) < 4.78 is 5.51. The van der Waals surface area contributed by atoms with Crippen molar-refractivity contribution in [3.63, 3.8) is 0 Å². The van der Waals surface area contributed by atoms with Crippen molar-refractivity contribution in [3.05, 3.63) is 68.7 Å². The molecule has 0 aliphatic heterocycles. The van der Waals surface area contributed by atoms with Gasteiger partial charge in [-0.15, -0.1) is 0 Å². The largest absolute Gasteiger partial charge is 0.481 e. The first-order chi connectivity index (χ1) is 12.0. The van der Waals surface area contributed by atoms with Crippen molar-refractivity contribution in [1.29, 1.82) is 0 Å². The quantitative estimate of drug-likeness (QED) is 0.504. The predicted octanol–water partition coefficient (Wildman–Crippen LogP) is 3.37. The summed E-state index contributed by atoms with van der Waals surface area (Å²) in [5.41, 5.74) is 0.846. The van der Waals surface area contributed by atoms with E-state index in [4.69, 9.17) is 16.3 Å². The number of non-ortho nitro benzene ring substituents is 1. The van der Waals surface area contributed by atoms with Crippen LogP contribution in [-0.4, -0.2) is 24.0 Å². The molecule has 7 heteroatoms. The Morgan fingerprint density at radius 3 is 2.76 bits per heavy atom. The maximum atomic E-state index is 12.0. The number of nitro groups is 1. The van der Waals surface area contributed by atoms with Crippen LogP contribution in [0, 0.1) is 28.9 Å². The van der Waals surface area contributed by atoms with E-state index in [0.717, 1.165) is 17.4 Å². The van der Waals surface area contributed by atoms with Crippen LogP contribution in [-0.2, 0) is 0 Å². The number of nitro benzene ring substituents is 1. The lowest BCUT2D eigenvalue weighted by molar-refractivity contribution is -0.384. The molecule has 25 heavy (non-hydrogen) atoms. The fourth-order valence-electron chi connectivity index (χ4n) is 1.97. The van der Waals surface area contributed by atoms with Gasteiger partial charge in [-0.05, 0) is 24.6 Å². The number of carbonyl (C=O) groups is 1. The molecule has 0 atom stereocenters. The first kappa shape index (κ1) is 18.3. The van der Waals surface area contributed by atoms with E-state index in [-0.39, 0.29) is 29.4 Å².